The highest BCUT2D eigenvalue weighted by atomic mass is 35.5. The van der Waals surface area contributed by atoms with Crippen molar-refractivity contribution in [2.75, 3.05) is 6.61 Å². The molecule has 2 N–H and O–H groups in total. The van der Waals surface area contributed by atoms with Gasteiger partial charge in [0.1, 0.15) is 0 Å². The van der Waals surface area contributed by atoms with E-state index < -0.39 is 0 Å². The Bertz CT molecular complexity index is 479. The number of esters is 1. The predicted molar refractivity (Wildman–Crippen MR) is 71.3 cm³/mol. The van der Waals surface area contributed by atoms with Crippen molar-refractivity contribution in [3.05, 3.63) is 46.1 Å². The van der Waals surface area contributed by atoms with Crippen LogP contribution in [0.25, 0.3) is 0 Å². The van der Waals surface area contributed by atoms with Crippen LogP contribution in [0.15, 0.2) is 35.5 Å². The number of nitrogens with two attached hydrogens (primary N) is 1. The maximum Gasteiger partial charge on any atom is 0.336 e. The van der Waals surface area contributed by atoms with Gasteiger partial charge >= 0.3 is 5.97 Å². The van der Waals surface area contributed by atoms with Crippen molar-refractivity contribution in [3.63, 3.8) is 0 Å². The normalized spacial score (nSPS) is 19.1. The Morgan fingerprint density at radius 3 is 2.72 bits per heavy atom. The lowest BCUT2D eigenvalue weighted by molar-refractivity contribution is -0.138. The lowest BCUT2D eigenvalue weighted by atomic mass is 9.92. The zero-order valence-corrected chi connectivity index (χ0v) is 11.0. The van der Waals surface area contributed by atoms with Crippen LogP contribution in [0, 0.1) is 0 Å². The van der Waals surface area contributed by atoms with Gasteiger partial charge in [-0.1, -0.05) is 23.7 Å². The summed E-state index contributed by atoms with van der Waals surface area (Å²) in [5.74, 6) is -0.270. The summed E-state index contributed by atoms with van der Waals surface area (Å²) in [7, 11) is 0. The Kier molecular flexibility index (Phi) is 3.92. The van der Waals surface area contributed by atoms with E-state index in [9.17, 15) is 4.79 Å². The SMILES string of the molecule is CCOC(=O)C1=C(N)CCC1c1ccc(Cl)cc1. The minimum Gasteiger partial charge on any atom is -0.463 e. The molecular formula is C14H16ClNO2. The molecule has 0 saturated carbocycles. The Labute approximate surface area is 112 Å². The van der Waals surface area contributed by atoms with E-state index >= 15 is 0 Å². The van der Waals surface area contributed by atoms with Crippen LogP contribution in [0.1, 0.15) is 31.2 Å². The summed E-state index contributed by atoms with van der Waals surface area (Å²) in [6, 6.07) is 7.53. The van der Waals surface area contributed by atoms with E-state index in [2.05, 4.69) is 0 Å². The summed E-state index contributed by atoms with van der Waals surface area (Å²) < 4.78 is 5.07. The van der Waals surface area contributed by atoms with Crippen molar-refractivity contribution >= 4 is 17.6 Å². The summed E-state index contributed by atoms with van der Waals surface area (Å²) >= 11 is 5.87. The van der Waals surface area contributed by atoms with Gasteiger partial charge in [-0.05, 0) is 37.5 Å². The number of hydrogen-bond acceptors (Lipinski definition) is 3. The first-order valence-electron chi connectivity index (χ1n) is 6.04. The molecule has 4 heteroatoms. The third kappa shape index (κ3) is 2.51. The molecule has 1 aliphatic rings. The van der Waals surface area contributed by atoms with Crippen LogP contribution in [-0.2, 0) is 9.53 Å². The number of allylic oxidation sites excluding steroid dienone is 1. The molecule has 0 saturated heterocycles. The molecule has 0 amide bonds. The zero-order chi connectivity index (χ0) is 13.1. The molecule has 0 radical (unpaired) electrons. The van der Waals surface area contributed by atoms with Crippen molar-refractivity contribution in [3.8, 4) is 0 Å². The van der Waals surface area contributed by atoms with E-state index in [4.69, 9.17) is 22.1 Å². The molecule has 1 unspecified atom stereocenters. The molecule has 0 spiro atoms. The molecule has 18 heavy (non-hydrogen) atoms. The number of hydrogen-bond donors (Lipinski definition) is 1. The Balaban J connectivity index is 2.28. The second-order valence-corrected chi connectivity index (χ2v) is 4.74. The van der Waals surface area contributed by atoms with Gasteiger partial charge in [-0.2, -0.15) is 0 Å². The van der Waals surface area contributed by atoms with Crippen LogP contribution in [-0.4, -0.2) is 12.6 Å². The number of ether oxygens (including phenoxy) is 1. The lowest BCUT2D eigenvalue weighted by Gasteiger charge is -2.14. The van der Waals surface area contributed by atoms with E-state index in [1.54, 1.807) is 6.92 Å². The summed E-state index contributed by atoms with van der Waals surface area (Å²) in [6.07, 6.45) is 1.59. The van der Waals surface area contributed by atoms with Crippen LogP contribution in [0.2, 0.25) is 5.02 Å². The molecule has 0 aromatic heterocycles. The van der Waals surface area contributed by atoms with Gasteiger partial charge in [0.2, 0.25) is 0 Å². The molecule has 96 valence electrons. The minimum absolute atomic E-state index is 0.0290. The standard InChI is InChI=1S/C14H16ClNO2/c1-2-18-14(17)13-11(7-8-12(13)16)9-3-5-10(15)6-4-9/h3-6,11H,2,7-8,16H2,1H3. The van der Waals surface area contributed by atoms with Gasteiger partial charge in [-0.25, -0.2) is 4.79 Å². The predicted octanol–water partition coefficient (Wildman–Crippen LogP) is 2.99. The van der Waals surface area contributed by atoms with E-state index in [0.29, 0.717) is 22.9 Å². The maximum absolute atomic E-state index is 11.9. The van der Waals surface area contributed by atoms with E-state index in [-0.39, 0.29) is 11.9 Å². The van der Waals surface area contributed by atoms with Crippen molar-refractivity contribution in [1.82, 2.24) is 0 Å². The largest absolute Gasteiger partial charge is 0.463 e. The molecule has 1 aromatic carbocycles. The van der Waals surface area contributed by atoms with Crippen LogP contribution >= 0.6 is 11.6 Å². The second kappa shape index (κ2) is 5.44. The Morgan fingerprint density at radius 1 is 1.44 bits per heavy atom. The lowest BCUT2D eigenvalue weighted by Crippen LogP contribution is -2.15. The third-order valence-corrected chi connectivity index (χ3v) is 3.42. The highest BCUT2D eigenvalue weighted by Crippen LogP contribution is 2.38. The van der Waals surface area contributed by atoms with Gasteiger partial charge in [-0.3, -0.25) is 0 Å². The topological polar surface area (TPSA) is 52.3 Å². The molecule has 3 nitrogen and oxygen atoms in total. The van der Waals surface area contributed by atoms with Crippen LogP contribution in [0.3, 0.4) is 0 Å². The van der Waals surface area contributed by atoms with Crippen molar-refractivity contribution in [1.29, 1.82) is 0 Å². The highest BCUT2D eigenvalue weighted by molar-refractivity contribution is 6.30. The number of carbonyl (C=O) groups is 1. The van der Waals surface area contributed by atoms with E-state index in [1.165, 1.54) is 0 Å². The summed E-state index contributed by atoms with van der Waals surface area (Å²) in [5, 5.41) is 0.686. The van der Waals surface area contributed by atoms with Gasteiger partial charge in [0.25, 0.3) is 0 Å². The molecule has 0 heterocycles. The molecule has 1 atom stereocenters. The number of halogens is 1. The quantitative estimate of drug-likeness (QED) is 0.855. The maximum atomic E-state index is 11.9. The average molecular weight is 266 g/mol. The highest BCUT2D eigenvalue weighted by Gasteiger charge is 2.31. The average Bonchev–Trinajstić information content (AvgIpc) is 2.72. The molecule has 0 aliphatic heterocycles. The molecule has 1 aromatic rings. The number of benzene rings is 1. The Morgan fingerprint density at radius 2 is 2.11 bits per heavy atom. The van der Waals surface area contributed by atoms with Gasteiger partial charge in [-0.15, -0.1) is 0 Å². The van der Waals surface area contributed by atoms with Gasteiger partial charge in [0.05, 0.1) is 12.2 Å². The molecule has 0 fully saturated rings. The van der Waals surface area contributed by atoms with Gasteiger partial charge in [0.15, 0.2) is 0 Å². The zero-order valence-electron chi connectivity index (χ0n) is 10.3. The van der Waals surface area contributed by atoms with E-state index in [1.807, 2.05) is 24.3 Å². The third-order valence-electron chi connectivity index (χ3n) is 3.16. The summed E-state index contributed by atoms with van der Waals surface area (Å²) in [6.45, 7) is 2.16. The molecule has 2 rings (SSSR count). The second-order valence-electron chi connectivity index (χ2n) is 4.30. The Hall–Kier alpha value is -1.48. The minimum atomic E-state index is -0.299. The van der Waals surface area contributed by atoms with Gasteiger partial charge in [0, 0.05) is 16.6 Å². The van der Waals surface area contributed by atoms with Crippen molar-refractivity contribution in [2.24, 2.45) is 5.73 Å². The van der Waals surface area contributed by atoms with Crippen molar-refractivity contribution in [2.45, 2.75) is 25.7 Å². The van der Waals surface area contributed by atoms with Crippen LogP contribution in [0.5, 0.6) is 0 Å². The molecule has 1 aliphatic carbocycles. The van der Waals surface area contributed by atoms with Gasteiger partial charge < -0.3 is 10.5 Å². The first-order valence-corrected chi connectivity index (χ1v) is 6.42. The number of carbonyl (C=O) groups excluding carboxylic acids is 1. The summed E-state index contributed by atoms with van der Waals surface area (Å²) in [4.78, 5) is 11.9. The fourth-order valence-electron chi connectivity index (χ4n) is 2.31. The summed E-state index contributed by atoms with van der Waals surface area (Å²) in [5.41, 5.74) is 8.24. The number of rotatable bonds is 3. The van der Waals surface area contributed by atoms with E-state index in [0.717, 1.165) is 18.4 Å². The fourth-order valence-corrected chi connectivity index (χ4v) is 2.44. The molecule has 0 bridgehead atoms. The van der Waals surface area contributed by atoms with Crippen molar-refractivity contribution < 1.29 is 9.53 Å². The molecular weight excluding hydrogens is 250 g/mol. The smallest absolute Gasteiger partial charge is 0.336 e. The first kappa shape index (κ1) is 13.0. The monoisotopic (exact) mass is 265 g/mol. The van der Waals surface area contributed by atoms with Crippen LogP contribution in [0.4, 0.5) is 0 Å². The fraction of sp³-hybridized carbons (Fsp3) is 0.357. The van der Waals surface area contributed by atoms with Crippen LogP contribution < -0.4 is 5.73 Å². The first-order chi connectivity index (χ1) is 8.63.